The highest BCUT2D eigenvalue weighted by Gasteiger charge is 2.30. The van der Waals surface area contributed by atoms with E-state index in [0.717, 1.165) is 37.7 Å². The van der Waals surface area contributed by atoms with Gasteiger partial charge in [-0.15, -0.1) is 0 Å². The molecule has 1 unspecified atom stereocenters. The highest BCUT2D eigenvalue weighted by Crippen LogP contribution is 2.33. The van der Waals surface area contributed by atoms with Crippen molar-refractivity contribution < 1.29 is 14.0 Å². The molecule has 0 spiro atoms. The summed E-state index contributed by atoms with van der Waals surface area (Å²) in [6.07, 6.45) is 12.5. The van der Waals surface area contributed by atoms with E-state index >= 15 is 0 Å². The second-order valence-corrected chi connectivity index (χ2v) is 10.6. The van der Waals surface area contributed by atoms with Crippen LogP contribution < -0.4 is 10.2 Å². The fourth-order valence-corrected chi connectivity index (χ4v) is 6.16. The van der Waals surface area contributed by atoms with E-state index in [4.69, 9.17) is 0 Å². The van der Waals surface area contributed by atoms with E-state index in [1.807, 2.05) is 35.0 Å². The molecule has 2 aromatic rings. The molecule has 8 heteroatoms. The van der Waals surface area contributed by atoms with Crippen LogP contribution in [0.4, 0.5) is 10.2 Å². The van der Waals surface area contributed by atoms with Gasteiger partial charge in [-0.2, -0.15) is 0 Å². The van der Waals surface area contributed by atoms with Crippen LogP contribution in [-0.4, -0.2) is 52.9 Å². The van der Waals surface area contributed by atoms with Gasteiger partial charge in [-0.25, -0.2) is 14.4 Å². The first-order chi connectivity index (χ1) is 17.5. The summed E-state index contributed by atoms with van der Waals surface area (Å²) in [5, 5.41) is 3.23. The molecule has 2 heterocycles. The Bertz CT molecular complexity index is 1100. The monoisotopic (exact) mass is 493 g/mol. The van der Waals surface area contributed by atoms with E-state index in [9.17, 15) is 14.0 Å². The molecule has 3 aliphatic rings. The molecule has 1 aromatic carbocycles. The Morgan fingerprint density at radius 3 is 2.67 bits per heavy atom. The molecule has 1 aromatic heterocycles. The zero-order chi connectivity index (χ0) is 25.1. The molecule has 2 aliphatic carbocycles. The van der Waals surface area contributed by atoms with Crippen LogP contribution in [0.25, 0.3) is 0 Å². The Labute approximate surface area is 212 Å². The van der Waals surface area contributed by atoms with Crippen molar-refractivity contribution in [3.8, 4) is 0 Å². The molecule has 0 bridgehead atoms. The van der Waals surface area contributed by atoms with Crippen molar-refractivity contribution in [1.29, 1.82) is 0 Å². The molecule has 0 radical (unpaired) electrons. The van der Waals surface area contributed by atoms with Gasteiger partial charge in [0.15, 0.2) is 11.6 Å². The number of halogens is 1. The Morgan fingerprint density at radius 1 is 1.14 bits per heavy atom. The quantitative estimate of drug-likeness (QED) is 0.617. The van der Waals surface area contributed by atoms with Gasteiger partial charge in [-0.1, -0.05) is 31.7 Å². The smallest absolute Gasteiger partial charge is 0.253 e. The van der Waals surface area contributed by atoms with Crippen LogP contribution in [0.5, 0.6) is 0 Å². The van der Waals surface area contributed by atoms with Crippen molar-refractivity contribution in [3.63, 3.8) is 0 Å². The van der Waals surface area contributed by atoms with Crippen LogP contribution in [0.2, 0.25) is 0 Å². The van der Waals surface area contributed by atoms with Gasteiger partial charge in [0.1, 0.15) is 6.33 Å². The fourth-order valence-electron chi connectivity index (χ4n) is 6.16. The third-order valence-electron chi connectivity index (χ3n) is 8.34. The van der Waals surface area contributed by atoms with Crippen LogP contribution in [0.15, 0.2) is 30.7 Å². The first-order valence-electron chi connectivity index (χ1n) is 13.4. The van der Waals surface area contributed by atoms with E-state index in [2.05, 4.69) is 15.3 Å². The summed E-state index contributed by atoms with van der Waals surface area (Å²) >= 11 is 0. The zero-order valence-electron chi connectivity index (χ0n) is 21.1. The Balaban J connectivity index is 1.18. The van der Waals surface area contributed by atoms with Crippen LogP contribution in [0.1, 0.15) is 85.3 Å². The number of aryl methyl sites for hydroxylation is 1. The molecule has 1 atom stereocenters. The van der Waals surface area contributed by atoms with Crippen molar-refractivity contribution in [2.24, 2.45) is 5.92 Å². The topological polar surface area (TPSA) is 78.4 Å². The lowest BCUT2D eigenvalue weighted by molar-refractivity contribution is -0.122. The van der Waals surface area contributed by atoms with Gasteiger partial charge in [0.25, 0.3) is 5.91 Å². The van der Waals surface area contributed by atoms with E-state index in [1.165, 1.54) is 43.8 Å². The molecule has 2 fully saturated rings. The number of nitrogens with one attached hydrogen (secondary N) is 1. The number of rotatable bonds is 7. The summed E-state index contributed by atoms with van der Waals surface area (Å²) in [7, 11) is 1.85. The highest BCUT2D eigenvalue weighted by molar-refractivity contribution is 5.94. The predicted molar refractivity (Wildman–Crippen MR) is 136 cm³/mol. The van der Waals surface area contributed by atoms with Crippen LogP contribution in [-0.2, 0) is 11.2 Å². The van der Waals surface area contributed by atoms with Gasteiger partial charge in [0.05, 0.1) is 12.2 Å². The highest BCUT2D eigenvalue weighted by atomic mass is 19.1. The Hall–Kier alpha value is -3.03. The number of amides is 2. The Morgan fingerprint density at radius 2 is 1.92 bits per heavy atom. The minimum atomic E-state index is -0.418. The van der Waals surface area contributed by atoms with Crippen LogP contribution in [0.3, 0.4) is 0 Å². The number of aromatic nitrogens is 2. The van der Waals surface area contributed by atoms with Crippen molar-refractivity contribution in [3.05, 3.63) is 53.2 Å². The normalized spacial score (nSPS) is 20.4. The van der Waals surface area contributed by atoms with E-state index in [0.29, 0.717) is 36.8 Å². The van der Waals surface area contributed by atoms with Gasteiger partial charge in [0.2, 0.25) is 5.91 Å². The van der Waals surface area contributed by atoms with Gasteiger partial charge in [-0.3, -0.25) is 9.59 Å². The largest absolute Gasteiger partial charge is 0.354 e. The molecule has 192 valence electrons. The first-order valence-corrected chi connectivity index (χ1v) is 13.4. The zero-order valence-corrected chi connectivity index (χ0v) is 21.1. The SMILES string of the molecule is CN(C(=O)c1ccc2c(c1)C(NC(=O)CCC1CCCC1)CC2)C1CCN(c2ncncc2F)CC1. The number of benzene rings is 1. The summed E-state index contributed by atoms with van der Waals surface area (Å²) in [4.78, 5) is 37.5. The number of carbonyl (C=O) groups excluding carboxylic acids is 2. The lowest BCUT2D eigenvalue weighted by Gasteiger charge is -2.37. The van der Waals surface area contributed by atoms with Crippen molar-refractivity contribution in [2.75, 3.05) is 25.0 Å². The number of hydrogen-bond donors (Lipinski definition) is 1. The maximum Gasteiger partial charge on any atom is 0.253 e. The third-order valence-corrected chi connectivity index (χ3v) is 8.34. The predicted octanol–water partition coefficient (Wildman–Crippen LogP) is 4.43. The Kier molecular flexibility index (Phi) is 7.48. The lowest BCUT2D eigenvalue weighted by Crippen LogP contribution is -2.46. The molecular formula is C28H36FN5O2. The van der Waals surface area contributed by atoms with Gasteiger partial charge < -0.3 is 15.1 Å². The van der Waals surface area contributed by atoms with Crippen LogP contribution >= 0.6 is 0 Å². The first kappa shape index (κ1) is 24.7. The molecule has 1 aliphatic heterocycles. The van der Waals surface area contributed by atoms with Crippen molar-refractivity contribution >= 4 is 17.6 Å². The lowest BCUT2D eigenvalue weighted by atomic mass is 10.00. The standard InChI is InChI=1S/C28H36FN5O2/c1-33(22-12-14-34(15-13-22)27-24(29)17-30-18-31-27)28(36)21-8-7-20-9-10-25(23(20)16-21)32-26(35)11-6-19-4-2-3-5-19/h7-8,16-19,22,25H,2-6,9-15H2,1H3,(H,32,35). The molecule has 1 N–H and O–H groups in total. The number of carbonyl (C=O) groups is 2. The van der Waals surface area contributed by atoms with Crippen molar-refractivity contribution in [2.45, 2.75) is 76.3 Å². The van der Waals surface area contributed by atoms with Crippen molar-refractivity contribution in [1.82, 2.24) is 20.2 Å². The second-order valence-electron chi connectivity index (χ2n) is 10.6. The number of nitrogens with zero attached hydrogens (tertiary/aromatic N) is 4. The average molecular weight is 494 g/mol. The number of piperidine rings is 1. The average Bonchev–Trinajstić information content (AvgIpc) is 3.57. The summed E-state index contributed by atoms with van der Waals surface area (Å²) in [6.45, 7) is 1.27. The molecular weight excluding hydrogens is 457 g/mol. The molecule has 36 heavy (non-hydrogen) atoms. The molecule has 1 saturated heterocycles. The third kappa shape index (κ3) is 5.37. The maximum atomic E-state index is 14.1. The van der Waals surface area contributed by atoms with Gasteiger partial charge in [0, 0.05) is 38.2 Å². The van der Waals surface area contributed by atoms with Gasteiger partial charge in [-0.05, 0) is 61.3 Å². The number of fused-ring (bicyclic) bond motifs is 1. The summed E-state index contributed by atoms with van der Waals surface area (Å²) in [5.41, 5.74) is 2.96. The van der Waals surface area contributed by atoms with Gasteiger partial charge >= 0.3 is 0 Å². The minimum Gasteiger partial charge on any atom is -0.354 e. The summed E-state index contributed by atoms with van der Waals surface area (Å²) in [6, 6.07) is 6.00. The van der Waals surface area contributed by atoms with E-state index in [-0.39, 0.29) is 23.9 Å². The summed E-state index contributed by atoms with van der Waals surface area (Å²) < 4.78 is 14.1. The molecule has 5 rings (SSSR count). The fraction of sp³-hybridized carbons (Fsp3) is 0.571. The van der Waals surface area contributed by atoms with Crippen LogP contribution in [0, 0.1) is 11.7 Å². The number of hydrogen-bond acceptors (Lipinski definition) is 5. The summed E-state index contributed by atoms with van der Waals surface area (Å²) in [5.74, 6) is 0.729. The molecule has 1 saturated carbocycles. The second kappa shape index (κ2) is 10.9. The maximum absolute atomic E-state index is 14.1. The molecule has 2 amide bonds. The van der Waals surface area contributed by atoms with E-state index < -0.39 is 5.82 Å². The molecule has 7 nitrogen and oxygen atoms in total. The number of anilines is 1. The van der Waals surface area contributed by atoms with E-state index in [1.54, 1.807) is 0 Å². The minimum absolute atomic E-state index is 0.0114.